The first-order valence-electron chi connectivity index (χ1n) is 15.5. The van der Waals surface area contributed by atoms with E-state index >= 15 is 0 Å². The smallest absolute Gasteiger partial charge is 0.227 e. The van der Waals surface area contributed by atoms with E-state index in [9.17, 15) is 9.59 Å². The number of nitrogens with zero attached hydrogens (tertiary/aromatic N) is 4. The van der Waals surface area contributed by atoms with Crippen LogP contribution in [0.25, 0.3) is 0 Å². The Hall–Kier alpha value is -2.52. The summed E-state index contributed by atoms with van der Waals surface area (Å²) >= 11 is 0. The predicted octanol–water partition coefficient (Wildman–Crippen LogP) is 6.58. The average Bonchev–Trinajstić information content (AvgIpc) is 3.02. The highest BCUT2D eigenvalue weighted by Crippen LogP contribution is 2.23. The summed E-state index contributed by atoms with van der Waals surface area (Å²) in [4.78, 5) is 35.0. The molecule has 6 nitrogen and oxygen atoms in total. The van der Waals surface area contributed by atoms with Gasteiger partial charge in [0, 0.05) is 53.4 Å². The normalized spacial score (nSPS) is 18.9. The number of hydrogen-bond donors (Lipinski definition) is 0. The maximum absolute atomic E-state index is 13.2. The molecule has 0 aliphatic carbocycles. The third kappa shape index (κ3) is 10.3. The fourth-order valence-corrected chi connectivity index (χ4v) is 6.56. The lowest BCUT2D eigenvalue weighted by Crippen LogP contribution is -2.43. The molecule has 2 heterocycles. The van der Waals surface area contributed by atoms with Gasteiger partial charge in [0.25, 0.3) is 0 Å². The topological polar surface area (TPSA) is 47.1 Å². The summed E-state index contributed by atoms with van der Waals surface area (Å²) in [7, 11) is 3.85. The Kier molecular flexibility index (Phi) is 14.6. The van der Waals surface area contributed by atoms with Gasteiger partial charge in [0.15, 0.2) is 0 Å². The molecular weight excluding hydrogens is 680 g/mol. The molecular formula is C36H48Br2N4O2. The van der Waals surface area contributed by atoms with Gasteiger partial charge in [-0.1, -0.05) is 84.9 Å². The van der Waals surface area contributed by atoms with E-state index < -0.39 is 0 Å². The Morgan fingerprint density at radius 1 is 0.591 bits per heavy atom. The summed E-state index contributed by atoms with van der Waals surface area (Å²) in [5.74, 6) is 0.633. The number of hydrogen-bond acceptors (Lipinski definition) is 4. The van der Waals surface area contributed by atoms with Crippen molar-refractivity contribution in [2.45, 2.75) is 51.9 Å². The first kappa shape index (κ1) is 36.0. The van der Waals surface area contributed by atoms with Crippen LogP contribution in [0.15, 0.2) is 84.9 Å². The van der Waals surface area contributed by atoms with Crippen LogP contribution in [0.4, 0.5) is 0 Å². The van der Waals surface area contributed by atoms with Crippen LogP contribution < -0.4 is 0 Å². The quantitative estimate of drug-likeness (QED) is 0.237. The first-order valence-corrected chi connectivity index (χ1v) is 15.5. The predicted molar refractivity (Wildman–Crippen MR) is 189 cm³/mol. The van der Waals surface area contributed by atoms with Gasteiger partial charge < -0.3 is 9.80 Å². The van der Waals surface area contributed by atoms with Crippen LogP contribution >= 0.6 is 34.0 Å². The molecule has 2 atom stereocenters. The molecule has 2 fully saturated rings. The summed E-state index contributed by atoms with van der Waals surface area (Å²) in [6.45, 7) is 6.79. The lowest BCUT2D eigenvalue weighted by molar-refractivity contribution is -0.137. The minimum absolute atomic E-state index is 0. The van der Waals surface area contributed by atoms with Gasteiger partial charge in [0.2, 0.25) is 11.8 Å². The molecule has 3 aromatic carbocycles. The Bertz CT molecular complexity index is 1190. The van der Waals surface area contributed by atoms with Crippen molar-refractivity contribution in [3.63, 3.8) is 0 Å². The van der Waals surface area contributed by atoms with Crippen molar-refractivity contribution in [2.24, 2.45) is 11.8 Å². The van der Waals surface area contributed by atoms with Crippen LogP contribution in [0.5, 0.6) is 0 Å². The second-order valence-corrected chi connectivity index (χ2v) is 12.3. The van der Waals surface area contributed by atoms with Crippen molar-refractivity contribution >= 4 is 45.8 Å². The number of benzene rings is 3. The fraction of sp³-hybridized carbons (Fsp3) is 0.444. The van der Waals surface area contributed by atoms with E-state index in [-0.39, 0.29) is 57.6 Å². The number of halogens is 2. The molecule has 2 unspecified atom stereocenters. The molecule has 0 radical (unpaired) electrons. The fourth-order valence-electron chi connectivity index (χ4n) is 6.56. The van der Waals surface area contributed by atoms with E-state index in [1.807, 2.05) is 60.3 Å². The van der Waals surface area contributed by atoms with Gasteiger partial charge >= 0.3 is 0 Å². The number of carbonyl (C=O) groups is 2. The molecule has 0 saturated carbocycles. The van der Waals surface area contributed by atoms with E-state index in [1.165, 1.54) is 22.3 Å². The van der Waals surface area contributed by atoms with Crippen LogP contribution in [0.2, 0.25) is 0 Å². The molecule has 2 amide bonds. The summed E-state index contributed by atoms with van der Waals surface area (Å²) in [6.07, 6.45) is 4.05. The third-order valence-electron chi connectivity index (χ3n) is 8.82. The van der Waals surface area contributed by atoms with Gasteiger partial charge in [-0.15, -0.1) is 34.0 Å². The summed E-state index contributed by atoms with van der Waals surface area (Å²) in [5, 5.41) is 0. The van der Waals surface area contributed by atoms with Gasteiger partial charge in [-0.3, -0.25) is 19.4 Å². The molecule has 2 aliphatic rings. The SMILES string of the molecule is Br.Br.CN(Cc1ccccc1)C(=O)C1CCCN(Cc2ccc(CN3CCCC(C(=O)N(C)Cc4ccccc4)C3)cc2)C1. The van der Waals surface area contributed by atoms with Crippen molar-refractivity contribution in [3.8, 4) is 0 Å². The first-order chi connectivity index (χ1) is 20.4. The number of rotatable bonds is 10. The second kappa shape index (κ2) is 17.8. The maximum atomic E-state index is 13.2. The van der Waals surface area contributed by atoms with E-state index in [2.05, 4.69) is 58.3 Å². The summed E-state index contributed by atoms with van der Waals surface area (Å²) in [6, 6.07) is 29.4. The van der Waals surface area contributed by atoms with E-state index in [0.29, 0.717) is 13.1 Å². The molecule has 0 N–H and O–H groups in total. The zero-order chi connectivity index (χ0) is 29.3. The molecule has 0 spiro atoms. The van der Waals surface area contributed by atoms with Crippen LogP contribution in [0.1, 0.15) is 47.9 Å². The lowest BCUT2D eigenvalue weighted by Gasteiger charge is -2.34. The zero-order valence-corrected chi connectivity index (χ0v) is 29.6. The number of amides is 2. The van der Waals surface area contributed by atoms with Crippen LogP contribution in [0.3, 0.4) is 0 Å². The summed E-state index contributed by atoms with van der Waals surface area (Å²) < 4.78 is 0. The Morgan fingerprint density at radius 2 is 0.955 bits per heavy atom. The molecule has 8 heteroatoms. The maximum Gasteiger partial charge on any atom is 0.227 e. The zero-order valence-electron chi connectivity index (χ0n) is 26.1. The molecule has 2 saturated heterocycles. The Morgan fingerprint density at radius 3 is 1.32 bits per heavy atom. The highest BCUT2D eigenvalue weighted by atomic mass is 79.9. The monoisotopic (exact) mass is 726 g/mol. The molecule has 44 heavy (non-hydrogen) atoms. The highest BCUT2D eigenvalue weighted by Gasteiger charge is 2.29. The molecule has 2 aliphatic heterocycles. The molecule has 0 bridgehead atoms. The largest absolute Gasteiger partial charge is 0.341 e. The van der Waals surface area contributed by atoms with Gasteiger partial charge in [-0.2, -0.15) is 0 Å². The number of carbonyl (C=O) groups excluding carboxylic acids is 2. The van der Waals surface area contributed by atoms with Gasteiger partial charge in [-0.25, -0.2) is 0 Å². The standard InChI is InChI=1S/C36H46N4O2.2BrH/c1-37(23-29-11-5-3-6-12-29)35(41)33-15-9-21-39(27-33)25-31-17-19-32(20-18-31)26-40-22-10-16-34(28-40)36(42)38(2)24-30-13-7-4-8-14-30;;/h3-8,11-14,17-20,33-34H,9-10,15-16,21-28H2,1-2H3;2*1H. The van der Waals surface area contributed by atoms with E-state index in [0.717, 1.165) is 65.0 Å². The van der Waals surface area contributed by atoms with Gasteiger partial charge in [-0.05, 0) is 61.0 Å². The lowest BCUT2D eigenvalue weighted by atomic mass is 9.95. The van der Waals surface area contributed by atoms with Crippen LogP contribution in [-0.2, 0) is 35.8 Å². The Labute approximate surface area is 284 Å². The molecule has 0 aromatic heterocycles. The van der Waals surface area contributed by atoms with Crippen molar-refractivity contribution in [1.82, 2.24) is 19.6 Å². The van der Waals surface area contributed by atoms with Crippen molar-refractivity contribution in [3.05, 3.63) is 107 Å². The van der Waals surface area contributed by atoms with Crippen molar-refractivity contribution in [2.75, 3.05) is 40.3 Å². The summed E-state index contributed by atoms with van der Waals surface area (Å²) in [5.41, 5.74) is 4.92. The van der Waals surface area contributed by atoms with Crippen molar-refractivity contribution < 1.29 is 9.59 Å². The highest BCUT2D eigenvalue weighted by molar-refractivity contribution is 8.93. The average molecular weight is 729 g/mol. The van der Waals surface area contributed by atoms with Crippen LogP contribution in [0, 0.1) is 11.8 Å². The minimum atomic E-state index is 0. The molecule has 3 aromatic rings. The van der Waals surface area contributed by atoms with E-state index in [4.69, 9.17) is 0 Å². The molecule has 5 rings (SSSR count). The van der Waals surface area contributed by atoms with E-state index in [1.54, 1.807) is 0 Å². The number of likely N-dealkylation sites (tertiary alicyclic amines) is 2. The van der Waals surface area contributed by atoms with Crippen molar-refractivity contribution in [1.29, 1.82) is 0 Å². The second-order valence-electron chi connectivity index (χ2n) is 12.3. The minimum Gasteiger partial charge on any atom is -0.341 e. The van der Waals surface area contributed by atoms with Gasteiger partial charge in [0.1, 0.15) is 0 Å². The Balaban J connectivity index is 0.00000264. The number of piperidine rings is 2. The molecule has 238 valence electrons. The van der Waals surface area contributed by atoms with Crippen LogP contribution in [-0.4, -0.2) is 71.7 Å². The van der Waals surface area contributed by atoms with Gasteiger partial charge in [0.05, 0.1) is 11.8 Å². The third-order valence-corrected chi connectivity index (χ3v) is 8.82.